The smallest absolute Gasteiger partial charge is 0.343 e. The number of hydrogen-bond acceptors (Lipinski definition) is 7. The second-order valence-electron chi connectivity index (χ2n) is 11.8. The van der Waals surface area contributed by atoms with Crippen LogP contribution in [0.1, 0.15) is 143 Å². The van der Waals surface area contributed by atoms with E-state index in [9.17, 15) is 19.2 Å². The highest BCUT2D eigenvalue weighted by molar-refractivity contribution is 5.97. The first kappa shape index (κ1) is 38.4. The van der Waals surface area contributed by atoms with Crippen LogP contribution in [0.5, 0.6) is 5.75 Å². The lowest BCUT2D eigenvalue weighted by Crippen LogP contribution is -2.27. The monoisotopic (exact) mass is 634 g/mol. The molecule has 0 aliphatic heterocycles. The van der Waals surface area contributed by atoms with Gasteiger partial charge in [-0.3, -0.25) is 14.4 Å². The molecular formula is C39H54O7. The predicted molar refractivity (Wildman–Crippen MR) is 183 cm³/mol. The van der Waals surface area contributed by atoms with Gasteiger partial charge in [-0.25, -0.2) is 4.79 Å². The Morgan fingerprint density at radius 2 is 1.02 bits per heavy atom. The molecule has 0 saturated carbocycles. The lowest BCUT2D eigenvalue weighted by Gasteiger charge is -2.13. The molecular weight excluding hydrogens is 580 g/mol. The normalized spacial score (nSPS) is 11.1. The van der Waals surface area contributed by atoms with Crippen molar-refractivity contribution >= 4 is 30.3 Å². The molecule has 0 fully saturated rings. The number of aldehydes is 1. The summed E-state index contributed by atoms with van der Waals surface area (Å²) in [4.78, 5) is 49.2. The maximum atomic E-state index is 13.0. The van der Waals surface area contributed by atoms with E-state index in [4.69, 9.17) is 14.2 Å². The van der Waals surface area contributed by atoms with Gasteiger partial charge in [-0.1, -0.05) is 140 Å². The Hall–Kier alpha value is -3.74. The molecule has 0 atom stereocenters. The number of carbonyl (C=O) groups excluding carboxylic acids is 4. The largest absolute Gasteiger partial charge is 0.465 e. The van der Waals surface area contributed by atoms with Gasteiger partial charge in [0.05, 0.1) is 18.8 Å². The topological polar surface area (TPSA) is 96.0 Å². The van der Waals surface area contributed by atoms with Crippen LogP contribution < -0.4 is 4.74 Å². The Kier molecular flexibility index (Phi) is 20.5. The molecule has 0 saturated heterocycles. The molecule has 2 aromatic carbocycles. The van der Waals surface area contributed by atoms with Gasteiger partial charge in [-0.2, -0.15) is 0 Å². The standard InChI is InChI=1S/C39H54O7/c1-3-5-7-9-11-13-15-17-29-44-38(42)36(39(43)45-30-18-16-14-12-10-8-6-4-2)28-23-32-21-26-35(27-22-32)46-37(41)34-24-19-33(31-40)20-25-34/h19-28,31,36H,3-18,29-30H2,1-2H3/b28-23+. The molecule has 0 spiro atoms. The summed E-state index contributed by atoms with van der Waals surface area (Å²) in [6.07, 6.45) is 22.1. The fourth-order valence-electron chi connectivity index (χ4n) is 4.97. The molecule has 0 radical (unpaired) electrons. The predicted octanol–water partition coefficient (Wildman–Crippen LogP) is 9.72. The van der Waals surface area contributed by atoms with E-state index in [-0.39, 0.29) is 13.2 Å². The molecule has 0 bridgehead atoms. The maximum Gasteiger partial charge on any atom is 0.343 e. The Bertz CT molecular complexity index is 1130. The fourth-order valence-corrected chi connectivity index (χ4v) is 4.97. The molecule has 0 N–H and O–H groups in total. The van der Waals surface area contributed by atoms with Crippen molar-refractivity contribution in [2.24, 2.45) is 5.92 Å². The van der Waals surface area contributed by atoms with Gasteiger partial charge in [0.2, 0.25) is 0 Å². The van der Waals surface area contributed by atoms with Crippen LogP contribution >= 0.6 is 0 Å². The van der Waals surface area contributed by atoms with Gasteiger partial charge < -0.3 is 14.2 Å². The Morgan fingerprint density at radius 3 is 1.48 bits per heavy atom. The number of ether oxygens (including phenoxy) is 3. The van der Waals surface area contributed by atoms with Crippen LogP contribution in [0.3, 0.4) is 0 Å². The molecule has 0 aromatic heterocycles. The Balaban J connectivity index is 1.90. The van der Waals surface area contributed by atoms with Crippen molar-refractivity contribution in [3.05, 3.63) is 71.3 Å². The second-order valence-corrected chi connectivity index (χ2v) is 11.8. The third-order valence-electron chi connectivity index (χ3n) is 7.85. The fraction of sp³-hybridized carbons (Fsp3) is 0.538. The molecule has 0 amide bonds. The van der Waals surface area contributed by atoms with E-state index < -0.39 is 23.8 Å². The van der Waals surface area contributed by atoms with Crippen molar-refractivity contribution in [1.29, 1.82) is 0 Å². The summed E-state index contributed by atoms with van der Waals surface area (Å²) in [5.41, 5.74) is 1.51. The molecule has 46 heavy (non-hydrogen) atoms. The van der Waals surface area contributed by atoms with Gasteiger partial charge in [0.1, 0.15) is 12.0 Å². The van der Waals surface area contributed by atoms with E-state index in [1.165, 1.54) is 82.4 Å². The first-order valence-electron chi connectivity index (χ1n) is 17.4. The highest BCUT2D eigenvalue weighted by atomic mass is 16.6. The zero-order valence-corrected chi connectivity index (χ0v) is 28.0. The highest BCUT2D eigenvalue weighted by Gasteiger charge is 2.27. The summed E-state index contributed by atoms with van der Waals surface area (Å²) in [6, 6.07) is 12.9. The molecule has 252 valence electrons. The van der Waals surface area contributed by atoms with Crippen LogP contribution in [0, 0.1) is 5.92 Å². The van der Waals surface area contributed by atoms with Gasteiger partial charge in [-0.05, 0) is 42.7 Å². The second kappa shape index (κ2) is 24.5. The van der Waals surface area contributed by atoms with Gasteiger partial charge in [0.25, 0.3) is 0 Å². The van der Waals surface area contributed by atoms with Crippen LogP contribution in [0.25, 0.3) is 6.08 Å². The molecule has 7 heteroatoms. The number of unbranched alkanes of at least 4 members (excludes halogenated alkanes) is 14. The van der Waals surface area contributed by atoms with Gasteiger partial charge in [0, 0.05) is 5.56 Å². The van der Waals surface area contributed by atoms with Gasteiger partial charge in [0.15, 0.2) is 5.92 Å². The Labute approximate surface area is 276 Å². The van der Waals surface area contributed by atoms with Crippen molar-refractivity contribution in [3.63, 3.8) is 0 Å². The zero-order chi connectivity index (χ0) is 33.2. The molecule has 2 aromatic rings. The van der Waals surface area contributed by atoms with Crippen LogP contribution in [-0.4, -0.2) is 37.4 Å². The third-order valence-corrected chi connectivity index (χ3v) is 7.85. The van der Waals surface area contributed by atoms with Crippen molar-refractivity contribution in [3.8, 4) is 5.75 Å². The molecule has 0 aliphatic rings. The highest BCUT2D eigenvalue weighted by Crippen LogP contribution is 2.18. The molecule has 7 nitrogen and oxygen atoms in total. The average molecular weight is 635 g/mol. The summed E-state index contributed by atoms with van der Waals surface area (Å²) in [7, 11) is 0. The number of rotatable bonds is 25. The first-order chi connectivity index (χ1) is 22.5. The number of carbonyl (C=O) groups is 4. The summed E-state index contributed by atoms with van der Waals surface area (Å²) in [5.74, 6) is -2.57. The van der Waals surface area contributed by atoms with Crippen molar-refractivity contribution in [2.75, 3.05) is 13.2 Å². The van der Waals surface area contributed by atoms with E-state index >= 15 is 0 Å². The van der Waals surface area contributed by atoms with E-state index in [0.29, 0.717) is 28.7 Å². The minimum atomic E-state index is -1.16. The average Bonchev–Trinajstić information content (AvgIpc) is 3.07. The lowest BCUT2D eigenvalue weighted by atomic mass is 10.1. The van der Waals surface area contributed by atoms with Crippen LogP contribution in [-0.2, 0) is 19.1 Å². The SMILES string of the molecule is CCCCCCCCCCOC(=O)C(/C=C/c1ccc(OC(=O)c2ccc(C=O)cc2)cc1)C(=O)OCCCCCCCCCC. The number of hydrogen-bond donors (Lipinski definition) is 0. The first-order valence-corrected chi connectivity index (χ1v) is 17.4. The van der Waals surface area contributed by atoms with Crippen LogP contribution in [0.2, 0.25) is 0 Å². The van der Waals surface area contributed by atoms with Gasteiger partial charge >= 0.3 is 17.9 Å². The van der Waals surface area contributed by atoms with E-state index in [2.05, 4.69) is 13.8 Å². The van der Waals surface area contributed by atoms with E-state index in [1.54, 1.807) is 42.5 Å². The minimum Gasteiger partial charge on any atom is -0.465 e. The molecule has 0 heterocycles. The van der Waals surface area contributed by atoms with E-state index in [1.807, 2.05) is 0 Å². The zero-order valence-electron chi connectivity index (χ0n) is 28.0. The molecule has 2 rings (SSSR count). The number of benzene rings is 2. The summed E-state index contributed by atoms with van der Waals surface area (Å²) >= 11 is 0. The van der Waals surface area contributed by atoms with Crippen molar-refractivity contribution in [1.82, 2.24) is 0 Å². The van der Waals surface area contributed by atoms with Crippen LogP contribution in [0.4, 0.5) is 0 Å². The molecule has 0 aliphatic carbocycles. The maximum absolute atomic E-state index is 13.0. The third kappa shape index (κ3) is 16.5. The summed E-state index contributed by atoms with van der Waals surface area (Å²) < 4.78 is 16.4. The Morgan fingerprint density at radius 1 is 0.587 bits per heavy atom. The quantitative estimate of drug-likeness (QED) is 0.0353. The summed E-state index contributed by atoms with van der Waals surface area (Å²) in [5, 5.41) is 0. The summed E-state index contributed by atoms with van der Waals surface area (Å²) in [6.45, 7) is 4.97. The molecule has 0 unspecified atom stereocenters. The van der Waals surface area contributed by atoms with Crippen molar-refractivity contribution in [2.45, 2.75) is 117 Å². The van der Waals surface area contributed by atoms with Crippen LogP contribution in [0.15, 0.2) is 54.6 Å². The van der Waals surface area contributed by atoms with E-state index in [0.717, 1.165) is 38.5 Å². The van der Waals surface area contributed by atoms with Crippen molar-refractivity contribution < 1.29 is 33.4 Å². The minimum absolute atomic E-state index is 0.279. The van der Waals surface area contributed by atoms with Gasteiger partial charge in [-0.15, -0.1) is 0 Å². The number of esters is 3. The lowest BCUT2D eigenvalue weighted by molar-refractivity contribution is -0.159.